The fourth-order valence-corrected chi connectivity index (χ4v) is 1.89. The van der Waals surface area contributed by atoms with Crippen LogP contribution in [0.2, 0.25) is 0 Å². The lowest BCUT2D eigenvalue weighted by molar-refractivity contribution is 0.579. The zero-order valence-corrected chi connectivity index (χ0v) is 9.45. The Hall–Kier alpha value is -1.95. The van der Waals surface area contributed by atoms with E-state index < -0.39 is 0 Å². The summed E-state index contributed by atoms with van der Waals surface area (Å²) < 4.78 is 1.89. The van der Waals surface area contributed by atoms with E-state index in [1.54, 1.807) is 12.5 Å². The maximum atomic E-state index is 4.40. The molecule has 88 valence electrons. The van der Waals surface area contributed by atoms with Crippen molar-refractivity contribution < 1.29 is 0 Å². The maximum absolute atomic E-state index is 4.40. The predicted octanol–water partition coefficient (Wildman–Crippen LogP) is 0.0719. The molecular weight excluding hydrogens is 216 g/mol. The Morgan fingerprint density at radius 1 is 1.12 bits per heavy atom. The first-order valence-corrected chi connectivity index (χ1v) is 5.69. The third kappa shape index (κ3) is 2.12. The van der Waals surface area contributed by atoms with Gasteiger partial charge in [-0.25, -0.2) is 15.0 Å². The van der Waals surface area contributed by atoms with Crippen molar-refractivity contribution in [1.29, 1.82) is 0 Å². The zero-order chi connectivity index (χ0) is 11.5. The summed E-state index contributed by atoms with van der Waals surface area (Å²) in [4.78, 5) is 15.0. The van der Waals surface area contributed by atoms with Gasteiger partial charge in [-0.1, -0.05) is 0 Å². The van der Waals surface area contributed by atoms with Crippen LogP contribution in [0.25, 0.3) is 5.69 Å². The second kappa shape index (κ2) is 4.50. The number of anilines is 1. The molecule has 1 aliphatic rings. The Balaban J connectivity index is 1.80. The van der Waals surface area contributed by atoms with Gasteiger partial charge in [0.25, 0.3) is 0 Å². The van der Waals surface area contributed by atoms with Crippen LogP contribution in [-0.2, 0) is 0 Å². The molecule has 1 fully saturated rings. The Morgan fingerprint density at radius 3 is 2.53 bits per heavy atom. The Labute approximate surface area is 99.3 Å². The van der Waals surface area contributed by atoms with Gasteiger partial charge in [0.05, 0.1) is 24.4 Å². The van der Waals surface area contributed by atoms with E-state index in [1.165, 1.54) is 0 Å². The minimum absolute atomic E-state index is 0.801. The van der Waals surface area contributed by atoms with Crippen LogP contribution in [0.3, 0.4) is 0 Å². The van der Waals surface area contributed by atoms with Crippen LogP contribution in [0, 0.1) is 0 Å². The summed E-state index contributed by atoms with van der Waals surface area (Å²) in [5, 5.41) is 3.31. The molecular formula is C11H14N6. The van der Waals surface area contributed by atoms with Gasteiger partial charge in [-0.05, 0) is 0 Å². The number of hydrogen-bond acceptors (Lipinski definition) is 5. The minimum Gasteiger partial charge on any atom is -0.338 e. The quantitative estimate of drug-likeness (QED) is 0.791. The number of rotatable bonds is 2. The average Bonchev–Trinajstić information content (AvgIpc) is 2.94. The highest BCUT2D eigenvalue weighted by molar-refractivity contribution is 5.35. The monoisotopic (exact) mass is 230 g/mol. The van der Waals surface area contributed by atoms with Gasteiger partial charge >= 0.3 is 0 Å². The van der Waals surface area contributed by atoms with Crippen molar-refractivity contribution >= 4 is 5.95 Å². The summed E-state index contributed by atoms with van der Waals surface area (Å²) in [6.07, 6.45) is 9.01. The van der Waals surface area contributed by atoms with E-state index in [0.717, 1.165) is 37.8 Å². The van der Waals surface area contributed by atoms with Crippen LogP contribution in [0.1, 0.15) is 0 Å². The van der Waals surface area contributed by atoms with Crippen molar-refractivity contribution in [1.82, 2.24) is 24.8 Å². The normalized spacial score (nSPS) is 16.1. The molecule has 6 heteroatoms. The van der Waals surface area contributed by atoms with Crippen LogP contribution in [0.15, 0.2) is 31.1 Å². The molecule has 1 saturated heterocycles. The van der Waals surface area contributed by atoms with Crippen LogP contribution in [0.4, 0.5) is 5.95 Å². The summed E-state index contributed by atoms with van der Waals surface area (Å²) in [5.74, 6) is 0.801. The number of piperazine rings is 1. The molecule has 3 rings (SSSR count). The van der Waals surface area contributed by atoms with E-state index in [4.69, 9.17) is 0 Å². The molecule has 2 aromatic rings. The molecule has 0 radical (unpaired) electrons. The number of nitrogens with zero attached hydrogens (tertiary/aromatic N) is 5. The van der Waals surface area contributed by atoms with E-state index in [2.05, 4.69) is 25.2 Å². The number of imidazole rings is 1. The first-order chi connectivity index (χ1) is 8.43. The lowest BCUT2D eigenvalue weighted by Crippen LogP contribution is -2.44. The van der Waals surface area contributed by atoms with Crippen molar-refractivity contribution in [2.24, 2.45) is 0 Å². The number of aromatic nitrogens is 4. The summed E-state index contributed by atoms with van der Waals surface area (Å²) in [6.45, 7) is 3.91. The molecule has 0 bridgehead atoms. The van der Waals surface area contributed by atoms with Crippen molar-refractivity contribution in [2.45, 2.75) is 0 Å². The molecule has 3 heterocycles. The van der Waals surface area contributed by atoms with E-state index in [9.17, 15) is 0 Å². The van der Waals surface area contributed by atoms with Gasteiger partial charge in [0.15, 0.2) is 0 Å². The highest BCUT2D eigenvalue weighted by atomic mass is 15.3. The Morgan fingerprint density at radius 2 is 1.88 bits per heavy atom. The van der Waals surface area contributed by atoms with Crippen LogP contribution >= 0.6 is 0 Å². The van der Waals surface area contributed by atoms with Crippen molar-refractivity contribution in [3.8, 4) is 5.69 Å². The van der Waals surface area contributed by atoms with E-state index in [0.29, 0.717) is 0 Å². The van der Waals surface area contributed by atoms with Gasteiger partial charge in [0.2, 0.25) is 5.95 Å². The molecule has 2 aromatic heterocycles. The fourth-order valence-electron chi connectivity index (χ4n) is 1.89. The third-order valence-electron chi connectivity index (χ3n) is 2.83. The van der Waals surface area contributed by atoms with Gasteiger partial charge in [-0.15, -0.1) is 0 Å². The van der Waals surface area contributed by atoms with E-state index in [-0.39, 0.29) is 0 Å². The lowest BCUT2D eigenvalue weighted by atomic mass is 10.4. The minimum atomic E-state index is 0.801. The standard InChI is InChI=1S/C11H14N6/c1-4-16(5-2-12-1)11-14-7-10(8-15-11)17-6-3-13-9-17/h3,6-9,12H,1-2,4-5H2. The third-order valence-corrected chi connectivity index (χ3v) is 2.83. The predicted molar refractivity (Wildman–Crippen MR) is 64.2 cm³/mol. The number of nitrogens with one attached hydrogen (secondary N) is 1. The van der Waals surface area contributed by atoms with Crippen molar-refractivity contribution in [3.05, 3.63) is 31.1 Å². The molecule has 1 N–H and O–H groups in total. The SMILES string of the molecule is c1cn(-c2cnc(N3CCNCC3)nc2)cn1. The highest BCUT2D eigenvalue weighted by Crippen LogP contribution is 2.10. The van der Waals surface area contributed by atoms with Crippen molar-refractivity contribution in [3.63, 3.8) is 0 Å². The average molecular weight is 230 g/mol. The second-order valence-corrected chi connectivity index (χ2v) is 3.95. The molecule has 0 unspecified atom stereocenters. The zero-order valence-electron chi connectivity index (χ0n) is 9.45. The molecule has 0 saturated carbocycles. The van der Waals surface area contributed by atoms with Crippen LogP contribution in [-0.4, -0.2) is 45.7 Å². The van der Waals surface area contributed by atoms with Gasteiger partial charge in [-0.3, -0.25) is 0 Å². The van der Waals surface area contributed by atoms with Crippen LogP contribution in [0.5, 0.6) is 0 Å². The molecule has 1 aliphatic heterocycles. The van der Waals surface area contributed by atoms with Crippen molar-refractivity contribution in [2.75, 3.05) is 31.1 Å². The molecule has 6 nitrogen and oxygen atoms in total. The van der Waals surface area contributed by atoms with E-state index >= 15 is 0 Å². The summed E-state index contributed by atoms with van der Waals surface area (Å²) in [7, 11) is 0. The van der Waals surface area contributed by atoms with Gasteiger partial charge in [-0.2, -0.15) is 0 Å². The highest BCUT2D eigenvalue weighted by Gasteiger charge is 2.12. The Kier molecular flexibility index (Phi) is 2.71. The van der Waals surface area contributed by atoms with E-state index in [1.807, 2.05) is 23.2 Å². The first kappa shape index (κ1) is 10.2. The smallest absolute Gasteiger partial charge is 0.225 e. The molecule has 0 atom stereocenters. The molecule has 0 amide bonds. The first-order valence-electron chi connectivity index (χ1n) is 5.69. The molecule has 0 spiro atoms. The topological polar surface area (TPSA) is 58.9 Å². The molecule has 0 aromatic carbocycles. The van der Waals surface area contributed by atoms with Gasteiger partial charge in [0, 0.05) is 38.6 Å². The lowest BCUT2D eigenvalue weighted by Gasteiger charge is -2.27. The maximum Gasteiger partial charge on any atom is 0.225 e. The van der Waals surface area contributed by atoms with Gasteiger partial charge < -0.3 is 14.8 Å². The Bertz CT molecular complexity index is 457. The molecule has 0 aliphatic carbocycles. The largest absolute Gasteiger partial charge is 0.338 e. The number of hydrogen-bond donors (Lipinski definition) is 1. The van der Waals surface area contributed by atoms with Crippen LogP contribution < -0.4 is 10.2 Å². The molecule has 17 heavy (non-hydrogen) atoms. The van der Waals surface area contributed by atoms with Gasteiger partial charge in [0.1, 0.15) is 0 Å². The summed E-state index contributed by atoms with van der Waals surface area (Å²) >= 11 is 0. The summed E-state index contributed by atoms with van der Waals surface area (Å²) in [6, 6.07) is 0. The summed E-state index contributed by atoms with van der Waals surface area (Å²) in [5.41, 5.74) is 0.932. The second-order valence-electron chi connectivity index (χ2n) is 3.95. The fraction of sp³-hybridized carbons (Fsp3) is 0.364.